The number of hydrogen-bond donors (Lipinski definition) is 0. The maximum Gasteiger partial charge on any atom is 0.314 e. The first-order valence-corrected chi connectivity index (χ1v) is 5.14. The number of rotatable bonds is 4. The summed E-state index contributed by atoms with van der Waals surface area (Å²) in [7, 11) is 0. The molecule has 0 aliphatic carbocycles. The molecule has 0 spiro atoms. The molecule has 0 unspecified atom stereocenters. The number of carbonyl (C=O) groups excluding carboxylic acids is 2. The highest BCUT2D eigenvalue weighted by atomic mass is 127. The van der Waals surface area contributed by atoms with Crippen molar-refractivity contribution in [3.8, 4) is 0 Å². The zero-order valence-corrected chi connectivity index (χ0v) is 9.56. The Morgan fingerprint density at radius 1 is 1.21 bits per heavy atom. The minimum atomic E-state index is -0.478. The molecule has 0 saturated heterocycles. The summed E-state index contributed by atoms with van der Waals surface area (Å²) in [5.41, 5.74) is 0.918. The molecule has 74 valence electrons. The second-order valence-corrected chi connectivity index (χ2v) is 3.88. The van der Waals surface area contributed by atoms with Crippen molar-refractivity contribution in [3.63, 3.8) is 0 Å². The van der Waals surface area contributed by atoms with E-state index in [1.807, 2.05) is 30.3 Å². The van der Waals surface area contributed by atoms with Gasteiger partial charge in [-0.2, -0.15) is 0 Å². The second-order valence-electron chi connectivity index (χ2n) is 2.68. The molecule has 0 saturated carbocycles. The molecular weight excluding hydrogens is 295 g/mol. The van der Waals surface area contributed by atoms with E-state index in [1.165, 1.54) is 0 Å². The van der Waals surface area contributed by atoms with Gasteiger partial charge >= 0.3 is 5.97 Å². The van der Waals surface area contributed by atoms with Crippen molar-refractivity contribution in [3.05, 3.63) is 35.9 Å². The smallest absolute Gasteiger partial charge is 0.314 e. The molecule has 0 radical (unpaired) electrons. The van der Waals surface area contributed by atoms with Gasteiger partial charge in [0.2, 0.25) is 3.79 Å². The van der Waals surface area contributed by atoms with E-state index in [4.69, 9.17) is 4.74 Å². The van der Waals surface area contributed by atoms with Crippen LogP contribution in [0.5, 0.6) is 0 Å². The largest absolute Gasteiger partial charge is 0.460 e. The molecule has 1 aromatic carbocycles. The monoisotopic (exact) mass is 304 g/mol. The molecule has 0 aromatic heterocycles. The summed E-state index contributed by atoms with van der Waals surface area (Å²) in [6.45, 7) is 0.226. The van der Waals surface area contributed by atoms with Gasteiger partial charge in [-0.3, -0.25) is 9.59 Å². The lowest BCUT2D eigenvalue weighted by molar-refractivity contribution is -0.145. The Balaban J connectivity index is 2.34. The summed E-state index contributed by atoms with van der Waals surface area (Å²) >= 11 is 1.57. The van der Waals surface area contributed by atoms with Crippen molar-refractivity contribution >= 4 is 32.4 Å². The van der Waals surface area contributed by atoms with Crippen LogP contribution < -0.4 is 0 Å². The molecule has 0 amide bonds. The van der Waals surface area contributed by atoms with Gasteiger partial charge in [-0.05, 0) is 5.56 Å². The molecule has 0 heterocycles. The van der Waals surface area contributed by atoms with E-state index >= 15 is 0 Å². The zero-order valence-electron chi connectivity index (χ0n) is 7.40. The Bertz CT molecular complexity index is 321. The van der Waals surface area contributed by atoms with Crippen LogP contribution >= 0.6 is 22.6 Å². The second kappa shape index (κ2) is 5.74. The summed E-state index contributed by atoms with van der Waals surface area (Å²) in [5.74, 6) is -0.478. The van der Waals surface area contributed by atoms with Gasteiger partial charge in [0.15, 0.2) is 0 Å². The van der Waals surface area contributed by atoms with Crippen molar-refractivity contribution in [2.75, 3.05) is 0 Å². The van der Waals surface area contributed by atoms with Gasteiger partial charge < -0.3 is 4.74 Å². The molecule has 0 aliphatic rings. The Hall–Kier alpha value is -0.910. The Morgan fingerprint density at radius 3 is 2.43 bits per heavy atom. The Labute approximate surface area is 95.6 Å². The van der Waals surface area contributed by atoms with E-state index in [2.05, 4.69) is 0 Å². The molecule has 0 atom stereocenters. The van der Waals surface area contributed by atoms with Crippen LogP contribution in [0.3, 0.4) is 0 Å². The predicted molar refractivity (Wildman–Crippen MR) is 59.9 cm³/mol. The molecule has 14 heavy (non-hydrogen) atoms. The third-order valence-electron chi connectivity index (χ3n) is 1.53. The molecule has 1 aromatic rings. The van der Waals surface area contributed by atoms with E-state index in [0.29, 0.717) is 0 Å². The highest BCUT2D eigenvalue weighted by Gasteiger charge is 2.07. The predicted octanol–water partition coefficient (Wildman–Crippen LogP) is 2.08. The number of ether oxygens (including phenoxy) is 1. The van der Waals surface area contributed by atoms with Crippen molar-refractivity contribution < 1.29 is 14.3 Å². The van der Waals surface area contributed by atoms with Crippen LogP contribution in [-0.4, -0.2) is 9.76 Å². The average molecular weight is 304 g/mol. The van der Waals surface area contributed by atoms with E-state index < -0.39 is 5.97 Å². The van der Waals surface area contributed by atoms with E-state index in [-0.39, 0.29) is 16.8 Å². The van der Waals surface area contributed by atoms with Crippen LogP contribution in [-0.2, 0) is 20.9 Å². The molecule has 0 bridgehead atoms. The van der Waals surface area contributed by atoms with Crippen LogP contribution in [0.15, 0.2) is 30.3 Å². The minimum absolute atomic E-state index is 0.159. The van der Waals surface area contributed by atoms with Crippen LogP contribution in [0.25, 0.3) is 0 Å². The van der Waals surface area contributed by atoms with Crippen molar-refractivity contribution in [2.24, 2.45) is 0 Å². The van der Waals surface area contributed by atoms with Crippen LogP contribution in [0.1, 0.15) is 12.0 Å². The Morgan fingerprint density at radius 2 is 1.86 bits per heavy atom. The van der Waals surface area contributed by atoms with E-state index in [9.17, 15) is 9.59 Å². The molecular formula is C10H9IO3. The third-order valence-corrected chi connectivity index (χ3v) is 1.91. The van der Waals surface area contributed by atoms with E-state index in [0.717, 1.165) is 5.56 Å². The lowest BCUT2D eigenvalue weighted by Crippen LogP contribution is -2.07. The molecule has 0 N–H and O–H groups in total. The zero-order chi connectivity index (χ0) is 10.4. The quantitative estimate of drug-likeness (QED) is 0.370. The van der Waals surface area contributed by atoms with Gasteiger partial charge in [-0.1, -0.05) is 30.3 Å². The molecule has 4 heteroatoms. The lowest BCUT2D eigenvalue weighted by Gasteiger charge is -2.02. The van der Waals surface area contributed by atoms with Crippen molar-refractivity contribution in [1.29, 1.82) is 0 Å². The van der Waals surface area contributed by atoms with Crippen LogP contribution in [0.4, 0.5) is 0 Å². The fourth-order valence-corrected chi connectivity index (χ4v) is 1.21. The molecule has 0 aliphatic heterocycles. The number of hydrogen-bond acceptors (Lipinski definition) is 3. The van der Waals surface area contributed by atoms with Crippen molar-refractivity contribution in [1.82, 2.24) is 0 Å². The fourth-order valence-electron chi connectivity index (χ4n) is 0.903. The molecule has 0 fully saturated rings. The molecule has 3 nitrogen and oxygen atoms in total. The third kappa shape index (κ3) is 4.36. The summed E-state index contributed by atoms with van der Waals surface area (Å²) < 4.78 is 4.67. The van der Waals surface area contributed by atoms with Gasteiger partial charge in [-0.15, -0.1) is 0 Å². The number of benzene rings is 1. The SMILES string of the molecule is O=C(I)CC(=O)OCc1ccccc1. The first-order chi connectivity index (χ1) is 6.68. The standard InChI is InChI=1S/C10H9IO3/c11-9(12)6-10(13)14-7-8-4-2-1-3-5-8/h1-5H,6-7H2. The van der Waals surface area contributed by atoms with Gasteiger partial charge in [0.1, 0.15) is 13.0 Å². The highest BCUT2D eigenvalue weighted by Crippen LogP contribution is 2.02. The van der Waals surface area contributed by atoms with Crippen molar-refractivity contribution in [2.45, 2.75) is 13.0 Å². The molecule has 1 rings (SSSR count). The fraction of sp³-hybridized carbons (Fsp3) is 0.200. The summed E-state index contributed by atoms with van der Waals surface area (Å²) in [6.07, 6.45) is -0.159. The summed E-state index contributed by atoms with van der Waals surface area (Å²) in [4.78, 5) is 21.5. The van der Waals surface area contributed by atoms with Gasteiger partial charge in [0.05, 0.1) is 0 Å². The van der Waals surface area contributed by atoms with E-state index in [1.54, 1.807) is 22.6 Å². The van der Waals surface area contributed by atoms with Gasteiger partial charge in [-0.25, -0.2) is 0 Å². The summed E-state index contributed by atoms with van der Waals surface area (Å²) in [6, 6.07) is 9.34. The summed E-state index contributed by atoms with van der Waals surface area (Å²) in [5, 5.41) is 0. The average Bonchev–Trinajstić information content (AvgIpc) is 2.15. The normalized spacial score (nSPS) is 9.50. The number of esters is 1. The number of carbonyl (C=O) groups is 2. The van der Waals surface area contributed by atoms with Gasteiger partial charge in [0, 0.05) is 22.6 Å². The maximum absolute atomic E-state index is 11.0. The maximum atomic E-state index is 11.0. The van der Waals surface area contributed by atoms with Crippen LogP contribution in [0.2, 0.25) is 0 Å². The minimum Gasteiger partial charge on any atom is -0.460 e. The first-order valence-electron chi connectivity index (χ1n) is 4.06. The topological polar surface area (TPSA) is 43.4 Å². The number of halogens is 1. The Kier molecular flexibility index (Phi) is 4.58. The first kappa shape index (κ1) is 11.2. The van der Waals surface area contributed by atoms with Gasteiger partial charge in [0.25, 0.3) is 0 Å². The highest BCUT2D eigenvalue weighted by molar-refractivity contribution is 14.1. The van der Waals surface area contributed by atoms with Crippen LogP contribution in [0, 0.1) is 0 Å². The lowest BCUT2D eigenvalue weighted by atomic mass is 10.2.